The van der Waals surface area contributed by atoms with Crippen molar-refractivity contribution in [2.24, 2.45) is 0 Å². The van der Waals surface area contributed by atoms with Gasteiger partial charge in [0.25, 0.3) is 5.91 Å². The zero-order valence-corrected chi connectivity index (χ0v) is 15.4. The van der Waals surface area contributed by atoms with E-state index in [9.17, 15) is 4.79 Å². The van der Waals surface area contributed by atoms with Gasteiger partial charge in [-0.2, -0.15) is 0 Å². The van der Waals surface area contributed by atoms with Gasteiger partial charge >= 0.3 is 0 Å². The number of piperidine rings is 1. The Kier molecular flexibility index (Phi) is 5.15. The molecule has 0 spiro atoms. The summed E-state index contributed by atoms with van der Waals surface area (Å²) in [4.78, 5) is 28.0. The van der Waals surface area contributed by atoms with Gasteiger partial charge in [-0.05, 0) is 18.9 Å². The molecule has 0 saturated carbocycles. The van der Waals surface area contributed by atoms with E-state index < -0.39 is 0 Å². The van der Waals surface area contributed by atoms with Crippen molar-refractivity contribution in [3.8, 4) is 5.88 Å². The molecule has 1 fully saturated rings. The molecule has 2 aromatic rings. The van der Waals surface area contributed by atoms with Gasteiger partial charge in [0, 0.05) is 55.1 Å². The van der Waals surface area contributed by atoms with E-state index in [0.717, 1.165) is 43.0 Å². The Morgan fingerprint density at radius 3 is 3.22 bits per heavy atom. The molecule has 4 rings (SSSR count). The Hall–Kier alpha value is -2.74. The highest BCUT2D eigenvalue weighted by Crippen LogP contribution is 2.20. The molecule has 1 atom stereocenters. The minimum absolute atomic E-state index is 0.0494. The molecule has 1 amide bonds. The molecule has 0 radical (unpaired) electrons. The number of carbonyl (C=O) groups is 1. The second-order valence-corrected chi connectivity index (χ2v) is 6.79. The number of rotatable bonds is 4. The lowest BCUT2D eigenvalue weighted by Gasteiger charge is -2.33. The number of fused-ring (bicyclic) bond motifs is 1. The molecule has 4 heterocycles. The van der Waals surface area contributed by atoms with Crippen LogP contribution in [0.15, 0.2) is 24.5 Å². The highest BCUT2D eigenvalue weighted by atomic mass is 16.5. The Bertz CT molecular complexity index is 829. The Labute approximate surface area is 157 Å². The number of methoxy groups -OCH3 is 1. The third-order valence-corrected chi connectivity index (χ3v) is 4.93. The molecule has 142 valence electrons. The fourth-order valence-electron chi connectivity index (χ4n) is 3.48. The van der Waals surface area contributed by atoms with E-state index in [1.54, 1.807) is 18.3 Å². The molecule has 0 aliphatic carbocycles. The smallest absolute Gasteiger partial charge is 0.251 e. The molecule has 8 nitrogen and oxygen atoms in total. The van der Waals surface area contributed by atoms with Crippen LogP contribution in [0.1, 0.15) is 34.5 Å². The molecule has 0 bridgehead atoms. The summed E-state index contributed by atoms with van der Waals surface area (Å²) in [7, 11) is 1.54. The maximum Gasteiger partial charge on any atom is 0.251 e. The number of nitrogens with zero attached hydrogens (tertiary/aromatic N) is 4. The van der Waals surface area contributed by atoms with Crippen LogP contribution in [0.5, 0.6) is 5.88 Å². The zero-order valence-electron chi connectivity index (χ0n) is 15.4. The van der Waals surface area contributed by atoms with Crippen LogP contribution in [0, 0.1) is 0 Å². The molecule has 2 aliphatic heterocycles. The van der Waals surface area contributed by atoms with Crippen LogP contribution in [-0.4, -0.2) is 53.7 Å². The van der Waals surface area contributed by atoms with Crippen molar-refractivity contribution < 1.29 is 14.3 Å². The maximum atomic E-state index is 12.6. The van der Waals surface area contributed by atoms with Crippen LogP contribution in [0.4, 0.5) is 5.95 Å². The highest BCUT2D eigenvalue weighted by Gasteiger charge is 2.24. The van der Waals surface area contributed by atoms with E-state index in [-0.39, 0.29) is 11.9 Å². The summed E-state index contributed by atoms with van der Waals surface area (Å²) in [6, 6.07) is 3.38. The number of hydrogen-bond donors (Lipinski definition) is 1. The summed E-state index contributed by atoms with van der Waals surface area (Å²) in [6.07, 6.45) is 6.17. The zero-order chi connectivity index (χ0) is 18.6. The summed E-state index contributed by atoms with van der Waals surface area (Å²) < 4.78 is 10.5. The number of carbonyl (C=O) groups excluding carboxylic acids is 1. The predicted molar refractivity (Wildman–Crippen MR) is 98.9 cm³/mol. The normalized spacial score (nSPS) is 19.3. The Morgan fingerprint density at radius 2 is 2.33 bits per heavy atom. The minimum Gasteiger partial charge on any atom is -0.481 e. The summed E-state index contributed by atoms with van der Waals surface area (Å²) in [5.41, 5.74) is 2.68. The van der Waals surface area contributed by atoms with Crippen LogP contribution >= 0.6 is 0 Å². The third-order valence-electron chi connectivity index (χ3n) is 4.93. The van der Waals surface area contributed by atoms with E-state index in [4.69, 9.17) is 14.5 Å². The van der Waals surface area contributed by atoms with Crippen LogP contribution in [0.25, 0.3) is 0 Å². The van der Waals surface area contributed by atoms with E-state index in [1.807, 2.05) is 6.20 Å². The van der Waals surface area contributed by atoms with Gasteiger partial charge < -0.3 is 19.7 Å². The lowest BCUT2D eigenvalue weighted by molar-refractivity contribution is 0.0932. The van der Waals surface area contributed by atoms with Gasteiger partial charge in [0.1, 0.15) is 0 Å². The third kappa shape index (κ3) is 4.00. The lowest BCUT2D eigenvalue weighted by Crippen LogP contribution is -2.48. The standard InChI is InChI=1S/C19H23N5O3/c1-26-17-9-13(4-6-20-17)18(25)22-15-3-2-7-24(11-15)19-21-10-14-12-27-8-5-16(14)23-19/h4,6,9-10,15H,2-3,5,7-8,11-12H2,1H3,(H,22,25)/t15-/m1/s1. The SMILES string of the molecule is COc1cc(C(=O)N[C@@H]2CCCN(c3ncc4c(n3)CCOC4)C2)ccn1. The maximum absolute atomic E-state index is 12.6. The van der Waals surface area contributed by atoms with Crippen molar-refractivity contribution in [1.29, 1.82) is 0 Å². The van der Waals surface area contributed by atoms with Crippen molar-refractivity contribution in [2.45, 2.75) is 31.9 Å². The van der Waals surface area contributed by atoms with Crippen molar-refractivity contribution >= 4 is 11.9 Å². The van der Waals surface area contributed by atoms with Crippen LogP contribution in [0.3, 0.4) is 0 Å². The monoisotopic (exact) mass is 369 g/mol. The number of anilines is 1. The van der Waals surface area contributed by atoms with E-state index in [0.29, 0.717) is 31.2 Å². The fourth-order valence-corrected chi connectivity index (χ4v) is 3.48. The summed E-state index contributed by atoms with van der Waals surface area (Å²) >= 11 is 0. The first-order valence-corrected chi connectivity index (χ1v) is 9.21. The Balaban J connectivity index is 1.42. The number of pyridine rings is 1. The molecule has 8 heteroatoms. The summed E-state index contributed by atoms with van der Waals surface area (Å²) in [6.45, 7) is 2.88. The van der Waals surface area contributed by atoms with Gasteiger partial charge in [0.15, 0.2) is 0 Å². The van der Waals surface area contributed by atoms with Crippen molar-refractivity contribution in [3.63, 3.8) is 0 Å². The van der Waals surface area contributed by atoms with E-state index in [1.165, 1.54) is 7.11 Å². The topological polar surface area (TPSA) is 89.5 Å². The second-order valence-electron chi connectivity index (χ2n) is 6.79. The second kappa shape index (κ2) is 7.87. The number of nitrogens with one attached hydrogen (secondary N) is 1. The first-order valence-electron chi connectivity index (χ1n) is 9.21. The fraction of sp³-hybridized carbons (Fsp3) is 0.474. The van der Waals surface area contributed by atoms with Crippen molar-refractivity contribution in [2.75, 3.05) is 31.7 Å². The van der Waals surface area contributed by atoms with Crippen LogP contribution in [-0.2, 0) is 17.8 Å². The van der Waals surface area contributed by atoms with E-state index >= 15 is 0 Å². The van der Waals surface area contributed by atoms with Gasteiger partial charge in [-0.3, -0.25) is 4.79 Å². The molecule has 1 saturated heterocycles. The number of aromatic nitrogens is 3. The predicted octanol–water partition coefficient (Wildman–Crippen LogP) is 1.35. The molecule has 2 aromatic heterocycles. The number of hydrogen-bond acceptors (Lipinski definition) is 7. The van der Waals surface area contributed by atoms with Gasteiger partial charge in [-0.25, -0.2) is 15.0 Å². The molecule has 1 N–H and O–H groups in total. The largest absolute Gasteiger partial charge is 0.481 e. The molecular weight excluding hydrogens is 346 g/mol. The van der Waals surface area contributed by atoms with Crippen LogP contribution < -0.4 is 15.0 Å². The summed E-state index contributed by atoms with van der Waals surface area (Å²) in [5.74, 6) is 1.05. The first kappa shape index (κ1) is 17.7. The van der Waals surface area contributed by atoms with Crippen molar-refractivity contribution in [3.05, 3.63) is 41.3 Å². The molecule has 2 aliphatic rings. The molecular formula is C19H23N5O3. The van der Waals surface area contributed by atoms with Crippen molar-refractivity contribution in [1.82, 2.24) is 20.3 Å². The molecule has 0 aromatic carbocycles. The van der Waals surface area contributed by atoms with Gasteiger partial charge in [0.2, 0.25) is 11.8 Å². The lowest BCUT2D eigenvalue weighted by atomic mass is 10.1. The van der Waals surface area contributed by atoms with Gasteiger partial charge in [0.05, 0.1) is 26.0 Å². The average molecular weight is 369 g/mol. The minimum atomic E-state index is -0.119. The van der Waals surface area contributed by atoms with Gasteiger partial charge in [-0.15, -0.1) is 0 Å². The highest BCUT2D eigenvalue weighted by molar-refractivity contribution is 5.94. The quantitative estimate of drug-likeness (QED) is 0.870. The van der Waals surface area contributed by atoms with Crippen LogP contribution in [0.2, 0.25) is 0 Å². The molecule has 27 heavy (non-hydrogen) atoms. The molecule has 0 unspecified atom stereocenters. The summed E-state index contributed by atoms with van der Waals surface area (Å²) in [5, 5.41) is 3.11. The van der Waals surface area contributed by atoms with E-state index in [2.05, 4.69) is 20.2 Å². The number of ether oxygens (including phenoxy) is 2. The van der Waals surface area contributed by atoms with Gasteiger partial charge in [-0.1, -0.05) is 0 Å². The average Bonchev–Trinajstić information content (AvgIpc) is 2.73. The number of amides is 1. The Morgan fingerprint density at radius 1 is 1.41 bits per heavy atom. The first-order chi connectivity index (χ1) is 13.2.